The van der Waals surface area contributed by atoms with E-state index in [0.717, 1.165) is 12.0 Å². The van der Waals surface area contributed by atoms with Gasteiger partial charge in [0.2, 0.25) is 10.0 Å². The van der Waals surface area contributed by atoms with Crippen molar-refractivity contribution in [2.45, 2.75) is 24.3 Å². The van der Waals surface area contributed by atoms with Gasteiger partial charge in [-0.05, 0) is 31.2 Å². The van der Waals surface area contributed by atoms with Gasteiger partial charge in [-0.3, -0.25) is 4.21 Å². The van der Waals surface area contributed by atoms with Gasteiger partial charge in [0, 0.05) is 35.4 Å². The molecule has 0 aromatic heterocycles. The Morgan fingerprint density at radius 3 is 2.60 bits per heavy atom. The Bertz CT molecular complexity index is 554. The highest BCUT2D eigenvalue weighted by Crippen LogP contribution is 2.19. The highest BCUT2D eigenvalue weighted by Gasteiger charge is 2.16. The minimum atomic E-state index is -3.54. The zero-order valence-electron chi connectivity index (χ0n) is 12.0. The van der Waals surface area contributed by atoms with Crippen LogP contribution >= 0.6 is 0 Å². The molecule has 1 aromatic carbocycles. The quantitative estimate of drug-likeness (QED) is 0.750. The van der Waals surface area contributed by atoms with Crippen LogP contribution in [0.1, 0.15) is 24.9 Å². The smallest absolute Gasteiger partial charge is 0.240 e. The summed E-state index contributed by atoms with van der Waals surface area (Å²) in [6, 6.07) is 7.02. The van der Waals surface area contributed by atoms with Crippen LogP contribution in [0.15, 0.2) is 29.2 Å². The van der Waals surface area contributed by atoms with Crippen molar-refractivity contribution in [2.24, 2.45) is 0 Å². The molecule has 1 rings (SSSR count). The molecule has 0 amide bonds. The van der Waals surface area contributed by atoms with E-state index in [1.54, 1.807) is 24.5 Å². The second-order valence-electron chi connectivity index (χ2n) is 4.50. The lowest BCUT2D eigenvalue weighted by Crippen LogP contribution is -2.28. The van der Waals surface area contributed by atoms with Crippen molar-refractivity contribution in [3.63, 3.8) is 0 Å². The Labute approximate surface area is 123 Å². The van der Waals surface area contributed by atoms with E-state index in [0.29, 0.717) is 5.75 Å². The van der Waals surface area contributed by atoms with Crippen molar-refractivity contribution < 1.29 is 12.6 Å². The van der Waals surface area contributed by atoms with E-state index in [9.17, 15) is 12.6 Å². The van der Waals surface area contributed by atoms with Gasteiger partial charge in [0.05, 0.1) is 4.90 Å². The minimum Gasteiger partial charge on any atom is -0.313 e. The van der Waals surface area contributed by atoms with E-state index in [4.69, 9.17) is 0 Å². The predicted octanol–water partition coefficient (Wildman–Crippen LogP) is 1.01. The number of sulfonamides is 1. The predicted molar refractivity (Wildman–Crippen MR) is 82.7 cm³/mol. The van der Waals surface area contributed by atoms with Crippen molar-refractivity contribution in [1.29, 1.82) is 0 Å². The van der Waals surface area contributed by atoms with Gasteiger partial charge in [-0.15, -0.1) is 0 Å². The summed E-state index contributed by atoms with van der Waals surface area (Å²) in [5, 5.41) is 3.15. The van der Waals surface area contributed by atoms with Gasteiger partial charge >= 0.3 is 0 Å². The van der Waals surface area contributed by atoms with Gasteiger partial charge in [0.15, 0.2) is 0 Å². The summed E-state index contributed by atoms with van der Waals surface area (Å²) in [6.07, 6.45) is 2.43. The standard InChI is InChI=1S/C13H22N2O3S2/c1-4-13(14-2)11-6-5-7-12(10-11)20(17,18)15-8-9-19(3)16/h5-7,10,13-15H,4,8-9H2,1-3H3. The molecule has 0 aliphatic rings. The van der Waals surface area contributed by atoms with E-state index in [1.165, 1.54) is 0 Å². The Kier molecular flexibility index (Phi) is 6.81. The Balaban J connectivity index is 2.90. The summed E-state index contributed by atoms with van der Waals surface area (Å²) >= 11 is 0. The first-order valence-electron chi connectivity index (χ1n) is 6.47. The average Bonchev–Trinajstić information content (AvgIpc) is 2.40. The molecule has 0 bridgehead atoms. The Morgan fingerprint density at radius 2 is 2.05 bits per heavy atom. The zero-order valence-corrected chi connectivity index (χ0v) is 13.7. The van der Waals surface area contributed by atoms with E-state index < -0.39 is 20.8 Å². The molecule has 0 aliphatic carbocycles. The molecular formula is C13H22N2O3S2. The van der Waals surface area contributed by atoms with Crippen molar-refractivity contribution >= 4 is 20.8 Å². The molecule has 0 heterocycles. The first kappa shape index (κ1) is 17.3. The molecule has 0 radical (unpaired) electrons. The first-order valence-corrected chi connectivity index (χ1v) is 9.68. The van der Waals surface area contributed by atoms with Gasteiger partial charge in [-0.1, -0.05) is 19.1 Å². The summed E-state index contributed by atoms with van der Waals surface area (Å²) in [7, 11) is -2.70. The molecule has 0 saturated heterocycles. The molecule has 1 aromatic rings. The van der Waals surface area contributed by atoms with Crippen molar-refractivity contribution in [2.75, 3.05) is 25.6 Å². The molecule has 2 unspecified atom stereocenters. The third-order valence-electron chi connectivity index (χ3n) is 3.01. The monoisotopic (exact) mass is 318 g/mol. The summed E-state index contributed by atoms with van der Waals surface area (Å²) < 4.78 is 37.7. The van der Waals surface area contributed by atoms with Gasteiger partial charge in [0.1, 0.15) is 0 Å². The van der Waals surface area contributed by atoms with E-state index in [1.807, 2.05) is 20.0 Å². The number of nitrogens with one attached hydrogen (secondary N) is 2. The number of hydrogen-bond donors (Lipinski definition) is 2. The van der Waals surface area contributed by atoms with Gasteiger partial charge < -0.3 is 5.32 Å². The second kappa shape index (κ2) is 7.87. The highest BCUT2D eigenvalue weighted by atomic mass is 32.2. The highest BCUT2D eigenvalue weighted by molar-refractivity contribution is 7.89. The Morgan fingerprint density at radius 1 is 1.35 bits per heavy atom. The number of benzene rings is 1. The van der Waals surface area contributed by atoms with Crippen molar-refractivity contribution in [3.8, 4) is 0 Å². The molecule has 2 N–H and O–H groups in total. The van der Waals surface area contributed by atoms with Crippen LogP contribution in [-0.2, 0) is 20.8 Å². The molecule has 114 valence electrons. The molecule has 0 spiro atoms. The summed E-state index contributed by atoms with van der Waals surface area (Å²) in [5.74, 6) is 0.313. The first-order chi connectivity index (χ1) is 9.40. The van der Waals surface area contributed by atoms with Crippen molar-refractivity contribution in [3.05, 3.63) is 29.8 Å². The minimum absolute atomic E-state index is 0.133. The topological polar surface area (TPSA) is 75.3 Å². The van der Waals surface area contributed by atoms with Crippen LogP contribution in [0.5, 0.6) is 0 Å². The maximum absolute atomic E-state index is 12.1. The van der Waals surface area contributed by atoms with Crippen LogP contribution in [0, 0.1) is 0 Å². The van der Waals surface area contributed by atoms with Gasteiger partial charge in [0.25, 0.3) is 0 Å². The third-order valence-corrected chi connectivity index (χ3v) is 5.25. The summed E-state index contributed by atoms with van der Waals surface area (Å²) in [4.78, 5) is 0.241. The fourth-order valence-electron chi connectivity index (χ4n) is 1.91. The molecule has 20 heavy (non-hydrogen) atoms. The Hall–Kier alpha value is -0.760. The molecule has 5 nitrogen and oxygen atoms in total. The molecule has 0 aliphatic heterocycles. The molecule has 0 saturated carbocycles. The molecular weight excluding hydrogens is 296 g/mol. The van der Waals surface area contributed by atoms with Crippen LogP contribution in [0.4, 0.5) is 0 Å². The fraction of sp³-hybridized carbons (Fsp3) is 0.538. The SMILES string of the molecule is CCC(NC)c1cccc(S(=O)(=O)NCCS(C)=O)c1. The lowest BCUT2D eigenvalue weighted by molar-refractivity contribution is 0.571. The van der Waals surface area contributed by atoms with Crippen molar-refractivity contribution in [1.82, 2.24) is 10.0 Å². The fourth-order valence-corrected chi connectivity index (χ4v) is 3.51. The molecule has 7 heteroatoms. The van der Waals surface area contributed by atoms with Gasteiger partial charge in [-0.2, -0.15) is 0 Å². The van der Waals surface area contributed by atoms with E-state index >= 15 is 0 Å². The van der Waals surface area contributed by atoms with Crippen LogP contribution in [0.2, 0.25) is 0 Å². The average molecular weight is 318 g/mol. The zero-order chi connectivity index (χ0) is 15.2. The van der Waals surface area contributed by atoms with E-state index in [-0.39, 0.29) is 17.5 Å². The van der Waals surface area contributed by atoms with E-state index in [2.05, 4.69) is 10.0 Å². The van der Waals surface area contributed by atoms with Crippen LogP contribution in [-0.4, -0.2) is 38.2 Å². The largest absolute Gasteiger partial charge is 0.313 e. The summed E-state index contributed by atoms with van der Waals surface area (Å²) in [6.45, 7) is 2.22. The molecule has 2 atom stereocenters. The third kappa shape index (κ3) is 4.97. The second-order valence-corrected chi connectivity index (χ2v) is 7.82. The normalized spacial score (nSPS) is 14.9. The lowest BCUT2D eigenvalue weighted by Gasteiger charge is -2.15. The lowest BCUT2D eigenvalue weighted by atomic mass is 10.1. The molecule has 0 fully saturated rings. The van der Waals surface area contributed by atoms with Crippen LogP contribution < -0.4 is 10.0 Å². The van der Waals surface area contributed by atoms with Gasteiger partial charge in [-0.25, -0.2) is 13.1 Å². The van der Waals surface area contributed by atoms with Crippen LogP contribution in [0.3, 0.4) is 0 Å². The maximum atomic E-state index is 12.1. The number of hydrogen-bond acceptors (Lipinski definition) is 4. The summed E-state index contributed by atoms with van der Waals surface area (Å²) in [5.41, 5.74) is 0.942. The number of rotatable bonds is 8. The maximum Gasteiger partial charge on any atom is 0.240 e. The van der Waals surface area contributed by atoms with Crippen LogP contribution in [0.25, 0.3) is 0 Å².